The third-order valence-corrected chi connectivity index (χ3v) is 4.00. The van der Waals surface area contributed by atoms with E-state index in [2.05, 4.69) is 16.0 Å². The number of anilines is 1. The van der Waals surface area contributed by atoms with E-state index in [9.17, 15) is 14.0 Å². The molecule has 0 bridgehead atoms. The fraction of sp³-hybridized carbons (Fsp3) is 0.263. The summed E-state index contributed by atoms with van der Waals surface area (Å²) < 4.78 is 18.3. The highest BCUT2D eigenvalue weighted by atomic mass is 35.5. The zero-order valence-corrected chi connectivity index (χ0v) is 15.4. The van der Waals surface area contributed by atoms with E-state index in [1.165, 1.54) is 24.3 Å². The van der Waals surface area contributed by atoms with E-state index in [1.807, 2.05) is 12.1 Å². The molecule has 1 atom stereocenters. The average Bonchev–Trinajstić information content (AvgIpc) is 2.68. The molecule has 1 aliphatic heterocycles. The lowest BCUT2D eigenvalue weighted by molar-refractivity contribution is -0.134. The zero-order chi connectivity index (χ0) is 18.4. The number of hydrogen-bond acceptors (Lipinski definition) is 4. The number of carbonyl (C=O) groups is 2. The first-order valence-electron chi connectivity index (χ1n) is 8.38. The minimum absolute atomic E-state index is 0. The molecule has 1 unspecified atom stereocenters. The van der Waals surface area contributed by atoms with E-state index in [0.29, 0.717) is 30.9 Å². The SMILES string of the molecule is Cl.O=C(Nc1ccc(CNC(=O)C2CNCCO2)cc1)c1ccc(F)cc1. The summed E-state index contributed by atoms with van der Waals surface area (Å²) >= 11 is 0. The summed E-state index contributed by atoms with van der Waals surface area (Å²) in [6, 6.07) is 12.5. The van der Waals surface area contributed by atoms with Crippen molar-refractivity contribution in [3.05, 3.63) is 65.5 Å². The molecular weight excluding hydrogens is 373 g/mol. The number of morpholine rings is 1. The highest BCUT2D eigenvalue weighted by Gasteiger charge is 2.21. The number of ether oxygens (including phenoxy) is 1. The maximum Gasteiger partial charge on any atom is 0.255 e. The van der Waals surface area contributed by atoms with Gasteiger partial charge in [-0.05, 0) is 42.0 Å². The Morgan fingerprint density at radius 2 is 1.81 bits per heavy atom. The molecule has 1 aliphatic rings. The van der Waals surface area contributed by atoms with Gasteiger partial charge in [0.2, 0.25) is 0 Å². The highest BCUT2D eigenvalue weighted by Crippen LogP contribution is 2.12. The van der Waals surface area contributed by atoms with Gasteiger partial charge in [-0.3, -0.25) is 9.59 Å². The monoisotopic (exact) mass is 393 g/mol. The first kappa shape index (κ1) is 20.8. The Bertz CT molecular complexity index is 763. The maximum absolute atomic E-state index is 12.9. The minimum atomic E-state index is -0.460. The van der Waals surface area contributed by atoms with Crippen LogP contribution >= 0.6 is 12.4 Å². The molecule has 2 aromatic carbocycles. The number of rotatable bonds is 5. The number of benzene rings is 2. The molecule has 2 amide bonds. The van der Waals surface area contributed by atoms with Gasteiger partial charge in [0.15, 0.2) is 0 Å². The van der Waals surface area contributed by atoms with Gasteiger partial charge in [-0.1, -0.05) is 12.1 Å². The van der Waals surface area contributed by atoms with Crippen molar-refractivity contribution in [1.29, 1.82) is 0 Å². The molecule has 0 aromatic heterocycles. The van der Waals surface area contributed by atoms with Gasteiger partial charge in [-0.15, -0.1) is 12.4 Å². The molecule has 3 N–H and O–H groups in total. The minimum Gasteiger partial charge on any atom is -0.366 e. The average molecular weight is 394 g/mol. The van der Waals surface area contributed by atoms with Crippen molar-refractivity contribution in [3.63, 3.8) is 0 Å². The van der Waals surface area contributed by atoms with E-state index in [4.69, 9.17) is 4.74 Å². The second-order valence-corrected chi connectivity index (χ2v) is 5.94. The van der Waals surface area contributed by atoms with Crippen LogP contribution < -0.4 is 16.0 Å². The molecule has 27 heavy (non-hydrogen) atoms. The maximum atomic E-state index is 12.9. The van der Waals surface area contributed by atoms with Crippen LogP contribution in [0.4, 0.5) is 10.1 Å². The molecule has 144 valence electrons. The van der Waals surface area contributed by atoms with Gasteiger partial charge < -0.3 is 20.7 Å². The molecule has 0 spiro atoms. The lowest BCUT2D eigenvalue weighted by Gasteiger charge is -2.22. The molecule has 0 saturated carbocycles. The number of hydrogen-bond donors (Lipinski definition) is 3. The van der Waals surface area contributed by atoms with Gasteiger partial charge >= 0.3 is 0 Å². The molecule has 8 heteroatoms. The third kappa shape index (κ3) is 6.02. The molecule has 1 heterocycles. The van der Waals surface area contributed by atoms with Crippen molar-refractivity contribution >= 4 is 29.9 Å². The van der Waals surface area contributed by atoms with E-state index < -0.39 is 6.10 Å². The lowest BCUT2D eigenvalue weighted by Crippen LogP contribution is -2.47. The van der Waals surface area contributed by atoms with Crippen LogP contribution in [0.15, 0.2) is 48.5 Å². The van der Waals surface area contributed by atoms with Crippen LogP contribution in [0.3, 0.4) is 0 Å². The number of nitrogens with one attached hydrogen (secondary N) is 3. The standard InChI is InChI=1S/C19H20FN3O3.ClH/c20-15-5-3-14(4-6-15)18(24)23-16-7-1-13(2-8-16)11-22-19(25)17-12-21-9-10-26-17;/h1-8,17,21H,9-12H2,(H,22,25)(H,23,24);1H. The molecule has 6 nitrogen and oxygen atoms in total. The summed E-state index contributed by atoms with van der Waals surface area (Å²) in [4.78, 5) is 24.1. The van der Waals surface area contributed by atoms with E-state index >= 15 is 0 Å². The Morgan fingerprint density at radius 3 is 2.44 bits per heavy atom. The first-order chi connectivity index (χ1) is 12.6. The summed E-state index contributed by atoms with van der Waals surface area (Å²) in [6.45, 7) is 2.18. The smallest absolute Gasteiger partial charge is 0.255 e. The van der Waals surface area contributed by atoms with Crippen molar-refractivity contribution in [2.45, 2.75) is 12.6 Å². The van der Waals surface area contributed by atoms with Crippen molar-refractivity contribution in [2.24, 2.45) is 0 Å². The summed E-state index contributed by atoms with van der Waals surface area (Å²) in [5.74, 6) is -0.846. The van der Waals surface area contributed by atoms with Gasteiger partial charge in [0.05, 0.1) is 6.61 Å². The van der Waals surface area contributed by atoms with Crippen molar-refractivity contribution < 1.29 is 18.7 Å². The van der Waals surface area contributed by atoms with Gasteiger partial charge in [-0.2, -0.15) is 0 Å². The van der Waals surface area contributed by atoms with Crippen LogP contribution in [0.1, 0.15) is 15.9 Å². The third-order valence-electron chi connectivity index (χ3n) is 4.00. The fourth-order valence-corrected chi connectivity index (χ4v) is 2.55. The first-order valence-corrected chi connectivity index (χ1v) is 8.38. The molecular formula is C19H21ClFN3O3. The second kappa shape index (κ2) is 10.0. The molecule has 1 saturated heterocycles. The van der Waals surface area contributed by atoms with Gasteiger partial charge in [-0.25, -0.2) is 4.39 Å². The van der Waals surface area contributed by atoms with E-state index in [1.54, 1.807) is 12.1 Å². The molecule has 3 rings (SSSR count). The normalized spacial score (nSPS) is 16.1. The predicted octanol–water partition coefficient (Wildman–Crippen LogP) is 2.10. The van der Waals surface area contributed by atoms with E-state index in [-0.39, 0.29) is 30.0 Å². The van der Waals surface area contributed by atoms with Crippen molar-refractivity contribution in [2.75, 3.05) is 25.0 Å². The molecule has 1 fully saturated rings. The van der Waals surface area contributed by atoms with Gasteiger partial charge in [0.25, 0.3) is 11.8 Å². The summed E-state index contributed by atoms with van der Waals surface area (Å²) in [6.07, 6.45) is -0.460. The quantitative estimate of drug-likeness (QED) is 0.727. The van der Waals surface area contributed by atoms with Crippen LogP contribution in [0.25, 0.3) is 0 Å². The highest BCUT2D eigenvalue weighted by molar-refractivity contribution is 6.04. The number of halogens is 2. The van der Waals surface area contributed by atoms with Crippen LogP contribution in [0, 0.1) is 5.82 Å². The molecule has 2 aromatic rings. The Hall–Kier alpha value is -2.48. The van der Waals surface area contributed by atoms with Crippen molar-refractivity contribution in [1.82, 2.24) is 10.6 Å². The summed E-state index contributed by atoms with van der Waals surface area (Å²) in [5, 5.41) is 8.69. The Morgan fingerprint density at radius 1 is 1.11 bits per heavy atom. The van der Waals surface area contributed by atoms with Crippen LogP contribution in [0.5, 0.6) is 0 Å². The zero-order valence-electron chi connectivity index (χ0n) is 14.5. The van der Waals surface area contributed by atoms with E-state index in [0.717, 1.165) is 12.1 Å². The number of carbonyl (C=O) groups excluding carboxylic acids is 2. The number of amides is 2. The summed E-state index contributed by atoms with van der Waals surface area (Å²) in [7, 11) is 0. The fourth-order valence-electron chi connectivity index (χ4n) is 2.55. The largest absolute Gasteiger partial charge is 0.366 e. The molecule has 0 aliphatic carbocycles. The van der Waals surface area contributed by atoms with Crippen LogP contribution in [0.2, 0.25) is 0 Å². The van der Waals surface area contributed by atoms with Crippen LogP contribution in [-0.2, 0) is 16.1 Å². The van der Waals surface area contributed by atoms with Crippen molar-refractivity contribution in [3.8, 4) is 0 Å². The lowest BCUT2D eigenvalue weighted by atomic mass is 10.1. The Labute approximate surface area is 162 Å². The Balaban J connectivity index is 0.00000261. The molecule has 0 radical (unpaired) electrons. The Kier molecular flexibility index (Phi) is 7.72. The summed E-state index contributed by atoms with van der Waals surface area (Å²) in [5.41, 5.74) is 1.90. The van der Waals surface area contributed by atoms with Gasteiger partial charge in [0.1, 0.15) is 11.9 Å². The van der Waals surface area contributed by atoms with Crippen LogP contribution in [-0.4, -0.2) is 37.6 Å². The van der Waals surface area contributed by atoms with Gasteiger partial charge in [0, 0.05) is 30.9 Å². The second-order valence-electron chi connectivity index (χ2n) is 5.94. The predicted molar refractivity (Wildman–Crippen MR) is 102 cm³/mol. The topological polar surface area (TPSA) is 79.5 Å².